The summed E-state index contributed by atoms with van der Waals surface area (Å²) in [5, 5.41) is 12.5. The van der Waals surface area contributed by atoms with Gasteiger partial charge in [-0.2, -0.15) is 0 Å². The molecule has 0 radical (unpaired) electrons. The summed E-state index contributed by atoms with van der Waals surface area (Å²) in [4.78, 5) is 13.5. The van der Waals surface area contributed by atoms with Crippen LogP contribution >= 0.6 is 0 Å². The summed E-state index contributed by atoms with van der Waals surface area (Å²) in [6, 6.07) is 3.09. The van der Waals surface area contributed by atoms with Gasteiger partial charge in [-0.3, -0.25) is 0 Å². The molecule has 3 heterocycles. The molecule has 2 fully saturated rings. The summed E-state index contributed by atoms with van der Waals surface area (Å²) in [5.74, 6) is -0.214. The second-order valence-corrected chi connectivity index (χ2v) is 5.96. The van der Waals surface area contributed by atoms with Crippen LogP contribution < -0.4 is 5.32 Å². The fourth-order valence-electron chi connectivity index (χ4n) is 3.50. The number of hydrogen-bond donors (Lipinski definition) is 2. The normalized spacial score (nSPS) is 26.6. The average Bonchev–Trinajstić information content (AvgIpc) is 3.01. The number of nitrogens with one attached hydrogen (secondary N) is 1. The van der Waals surface area contributed by atoms with Crippen LogP contribution in [0.15, 0.2) is 10.5 Å². The Morgan fingerprint density at radius 2 is 2.35 bits per heavy atom. The van der Waals surface area contributed by atoms with Gasteiger partial charge in [0, 0.05) is 17.6 Å². The van der Waals surface area contributed by atoms with Gasteiger partial charge in [-0.05, 0) is 51.8 Å². The van der Waals surface area contributed by atoms with Crippen molar-refractivity contribution in [2.24, 2.45) is 0 Å². The Bertz CT molecular complexity index is 497. The second kappa shape index (κ2) is 5.58. The highest BCUT2D eigenvalue weighted by atomic mass is 16.4. The predicted octanol–water partition coefficient (Wildman–Crippen LogP) is 2.00. The van der Waals surface area contributed by atoms with Crippen LogP contribution in [0.2, 0.25) is 0 Å². The smallest absolute Gasteiger partial charge is 0.372 e. The molecule has 2 N–H and O–H groups in total. The molecule has 1 aromatic heterocycles. The molecule has 5 nitrogen and oxygen atoms in total. The summed E-state index contributed by atoms with van der Waals surface area (Å²) in [7, 11) is 0. The summed E-state index contributed by atoms with van der Waals surface area (Å²) < 4.78 is 5.38. The van der Waals surface area contributed by atoms with E-state index in [9.17, 15) is 4.79 Å². The van der Waals surface area contributed by atoms with Crippen molar-refractivity contribution in [2.75, 3.05) is 13.1 Å². The zero-order chi connectivity index (χ0) is 14.1. The molecule has 2 aliphatic heterocycles. The van der Waals surface area contributed by atoms with Gasteiger partial charge < -0.3 is 19.7 Å². The molecule has 2 saturated heterocycles. The largest absolute Gasteiger partial charge is 0.475 e. The number of aromatic carboxylic acids is 1. The highest BCUT2D eigenvalue weighted by Crippen LogP contribution is 2.27. The molecule has 0 amide bonds. The van der Waals surface area contributed by atoms with E-state index in [0.29, 0.717) is 23.9 Å². The molecule has 5 heteroatoms. The molecule has 0 spiro atoms. The quantitative estimate of drug-likeness (QED) is 0.882. The molecule has 20 heavy (non-hydrogen) atoms. The van der Waals surface area contributed by atoms with Crippen molar-refractivity contribution in [3.05, 3.63) is 23.2 Å². The fourth-order valence-corrected chi connectivity index (χ4v) is 3.50. The van der Waals surface area contributed by atoms with E-state index in [1.165, 1.54) is 38.8 Å². The SMILES string of the molecule is Cc1cc(CNC2CCN3CCCC3C2)oc1C(=O)O. The van der Waals surface area contributed by atoms with E-state index in [1.807, 2.05) is 6.07 Å². The number of nitrogens with zero attached hydrogens (tertiary/aromatic N) is 1. The maximum atomic E-state index is 10.9. The van der Waals surface area contributed by atoms with E-state index in [1.54, 1.807) is 6.92 Å². The average molecular weight is 278 g/mol. The number of aryl methyl sites for hydroxylation is 1. The molecule has 110 valence electrons. The van der Waals surface area contributed by atoms with Crippen molar-refractivity contribution in [3.63, 3.8) is 0 Å². The van der Waals surface area contributed by atoms with Crippen molar-refractivity contribution < 1.29 is 14.3 Å². The molecule has 0 saturated carbocycles. The molecule has 2 atom stereocenters. The molecule has 0 bridgehead atoms. The minimum atomic E-state index is -0.993. The Labute approximate surface area is 118 Å². The molecule has 0 aromatic carbocycles. The number of rotatable bonds is 4. The first-order valence-corrected chi connectivity index (χ1v) is 7.43. The summed E-state index contributed by atoms with van der Waals surface area (Å²) in [6.45, 7) is 4.83. The van der Waals surface area contributed by atoms with E-state index in [2.05, 4.69) is 10.2 Å². The minimum absolute atomic E-state index is 0.0624. The van der Waals surface area contributed by atoms with Crippen molar-refractivity contribution in [3.8, 4) is 0 Å². The van der Waals surface area contributed by atoms with Gasteiger partial charge in [0.05, 0.1) is 6.54 Å². The van der Waals surface area contributed by atoms with E-state index < -0.39 is 5.97 Å². The van der Waals surface area contributed by atoms with Crippen LogP contribution in [0, 0.1) is 6.92 Å². The first-order chi connectivity index (χ1) is 9.63. The highest BCUT2D eigenvalue weighted by Gasteiger charge is 2.31. The maximum absolute atomic E-state index is 10.9. The number of furan rings is 1. The van der Waals surface area contributed by atoms with Gasteiger partial charge in [0.25, 0.3) is 0 Å². The third-order valence-electron chi connectivity index (χ3n) is 4.55. The Morgan fingerprint density at radius 3 is 3.10 bits per heavy atom. The van der Waals surface area contributed by atoms with Crippen molar-refractivity contribution in [1.29, 1.82) is 0 Å². The van der Waals surface area contributed by atoms with Crippen LogP contribution in [-0.4, -0.2) is 41.1 Å². The lowest BCUT2D eigenvalue weighted by Gasteiger charge is -2.35. The fraction of sp³-hybridized carbons (Fsp3) is 0.667. The zero-order valence-electron chi connectivity index (χ0n) is 11.9. The molecule has 2 unspecified atom stereocenters. The second-order valence-electron chi connectivity index (χ2n) is 5.96. The lowest BCUT2D eigenvalue weighted by atomic mass is 9.97. The first-order valence-electron chi connectivity index (χ1n) is 7.43. The number of piperidine rings is 1. The highest BCUT2D eigenvalue weighted by molar-refractivity contribution is 5.86. The van der Waals surface area contributed by atoms with Gasteiger partial charge in [-0.25, -0.2) is 4.79 Å². The Balaban J connectivity index is 1.54. The van der Waals surface area contributed by atoms with Crippen LogP contribution in [-0.2, 0) is 6.54 Å². The number of hydrogen-bond acceptors (Lipinski definition) is 4. The molecule has 3 rings (SSSR count). The monoisotopic (exact) mass is 278 g/mol. The van der Waals surface area contributed by atoms with Crippen molar-refractivity contribution in [2.45, 2.75) is 51.2 Å². The Hall–Kier alpha value is -1.33. The van der Waals surface area contributed by atoms with Gasteiger partial charge in [0.2, 0.25) is 5.76 Å². The lowest BCUT2D eigenvalue weighted by molar-refractivity contribution is 0.0659. The predicted molar refractivity (Wildman–Crippen MR) is 74.9 cm³/mol. The number of carboxylic acids is 1. The van der Waals surface area contributed by atoms with Gasteiger partial charge in [0.1, 0.15) is 5.76 Å². The van der Waals surface area contributed by atoms with Crippen LogP contribution in [0.3, 0.4) is 0 Å². The van der Waals surface area contributed by atoms with Crippen molar-refractivity contribution in [1.82, 2.24) is 10.2 Å². The molecule has 1 aromatic rings. The van der Waals surface area contributed by atoms with E-state index >= 15 is 0 Å². The zero-order valence-corrected chi connectivity index (χ0v) is 11.9. The van der Waals surface area contributed by atoms with Gasteiger partial charge in [-0.15, -0.1) is 0 Å². The molecular formula is C15H22N2O3. The number of fused-ring (bicyclic) bond motifs is 1. The van der Waals surface area contributed by atoms with Crippen molar-refractivity contribution >= 4 is 5.97 Å². The Morgan fingerprint density at radius 1 is 1.50 bits per heavy atom. The third kappa shape index (κ3) is 2.74. The molecule has 0 aliphatic carbocycles. The van der Waals surface area contributed by atoms with E-state index in [-0.39, 0.29) is 5.76 Å². The maximum Gasteiger partial charge on any atom is 0.372 e. The standard InChI is InChI=1S/C15H22N2O3/c1-10-7-13(20-14(10)15(18)19)9-16-11-4-6-17-5-2-3-12(17)8-11/h7,11-12,16H,2-6,8-9H2,1H3,(H,18,19). The van der Waals surface area contributed by atoms with Gasteiger partial charge in [0.15, 0.2) is 0 Å². The number of carbonyl (C=O) groups is 1. The lowest BCUT2D eigenvalue weighted by Crippen LogP contribution is -2.45. The minimum Gasteiger partial charge on any atom is -0.475 e. The topological polar surface area (TPSA) is 65.7 Å². The molecule has 2 aliphatic rings. The molecular weight excluding hydrogens is 256 g/mol. The van der Waals surface area contributed by atoms with Crippen LogP contribution in [0.1, 0.15) is 47.6 Å². The van der Waals surface area contributed by atoms with Crippen LogP contribution in [0.5, 0.6) is 0 Å². The van der Waals surface area contributed by atoms with E-state index in [0.717, 1.165) is 6.04 Å². The summed E-state index contributed by atoms with van der Waals surface area (Å²) in [6.07, 6.45) is 5.02. The van der Waals surface area contributed by atoms with Crippen LogP contribution in [0.4, 0.5) is 0 Å². The van der Waals surface area contributed by atoms with Gasteiger partial charge >= 0.3 is 5.97 Å². The number of carboxylic acid groups (broad SMARTS) is 1. The Kier molecular flexibility index (Phi) is 3.81. The van der Waals surface area contributed by atoms with Crippen LogP contribution in [0.25, 0.3) is 0 Å². The third-order valence-corrected chi connectivity index (χ3v) is 4.55. The summed E-state index contributed by atoms with van der Waals surface area (Å²) in [5.41, 5.74) is 0.694. The first kappa shape index (κ1) is 13.6. The van der Waals surface area contributed by atoms with E-state index in [4.69, 9.17) is 9.52 Å². The van der Waals surface area contributed by atoms with Gasteiger partial charge in [-0.1, -0.05) is 0 Å². The summed E-state index contributed by atoms with van der Waals surface area (Å²) >= 11 is 0.